The molecule has 3 aromatic rings. The molecule has 168 valence electrons. The van der Waals surface area contributed by atoms with E-state index in [9.17, 15) is 22.7 Å². The lowest BCUT2D eigenvalue weighted by molar-refractivity contribution is -0.274. The molecule has 4 rings (SSSR count). The Kier molecular flexibility index (Phi) is 5.81. The van der Waals surface area contributed by atoms with Crippen molar-refractivity contribution in [1.29, 1.82) is 0 Å². The molecule has 0 amide bonds. The third kappa shape index (κ3) is 5.02. The molecule has 0 bridgehead atoms. The van der Waals surface area contributed by atoms with E-state index in [1.54, 1.807) is 10.7 Å². The first kappa shape index (κ1) is 22.1. The Morgan fingerprint density at radius 2 is 1.88 bits per heavy atom. The van der Waals surface area contributed by atoms with Crippen molar-refractivity contribution >= 4 is 11.9 Å². The maximum atomic E-state index is 14.7. The van der Waals surface area contributed by atoms with Gasteiger partial charge in [0.15, 0.2) is 5.83 Å². The highest BCUT2D eigenvalue weighted by atomic mass is 19.4. The molecule has 0 spiro atoms. The number of aromatic nitrogens is 2. The Hall–Kier alpha value is -3.13. The number of aliphatic hydroxyl groups is 1. The SMILES string of the molecule is Cc1cc(C(F)=Cc2ccc(OC(F)(F)F)cc2)nn1Cc1cccc(C2(CO)CC2)c1. The number of aliphatic hydroxyl groups excluding tert-OH is 1. The lowest BCUT2D eigenvalue weighted by Gasteiger charge is -2.14. The summed E-state index contributed by atoms with van der Waals surface area (Å²) < 4.78 is 57.0. The van der Waals surface area contributed by atoms with E-state index in [2.05, 4.69) is 15.9 Å². The standard InChI is InChI=1S/C24H22F4N2O2/c1-16-11-22(21(25)13-17-5-7-20(8-6-17)32-24(26,27)28)29-30(16)14-18-3-2-4-19(12-18)23(15-31)9-10-23/h2-8,11-13,31H,9-10,14-15H2,1H3. The van der Waals surface area contributed by atoms with Gasteiger partial charge in [-0.15, -0.1) is 13.2 Å². The molecule has 32 heavy (non-hydrogen) atoms. The number of nitrogens with zero attached hydrogens (tertiary/aromatic N) is 2. The zero-order valence-electron chi connectivity index (χ0n) is 17.4. The van der Waals surface area contributed by atoms with Gasteiger partial charge in [-0.2, -0.15) is 5.10 Å². The Morgan fingerprint density at radius 3 is 2.50 bits per heavy atom. The second-order valence-electron chi connectivity index (χ2n) is 8.08. The Labute approximate surface area is 182 Å². The van der Waals surface area contributed by atoms with Gasteiger partial charge in [-0.25, -0.2) is 4.39 Å². The molecule has 0 atom stereocenters. The Bertz CT molecular complexity index is 1130. The van der Waals surface area contributed by atoms with E-state index >= 15 is 0 Å². The van der Waals surface area contributed by atoms with Crippen molar-refractivity contribution in [1.82, 2.24) is 9.78 Å². The van der Waals surface area contributed by atoms with Gasteiger partial charge in [0.05, 0.1) is 13.2 Å². The van der Waals surface area contributed by atoms with Crippen molar-refractivity contribution in [2.75, 3.05) is 6.61 Å². The van der Waals surface area contributed by atoms with Crippen molar-refractivity contribution in [3.63, 3.8) is 0 Å². The van der Waals surface area contributed by atoms with Crippen LogP contribution < -0.4 is 4.74 Å². The molecule has 1 fully saturated rings. The van der Waals surface area contributed by atoms with Crippen molar-refractivity contribution in [3.05, 3.63) is 82.7 Å². The van der Waals surface area contributed by atoms with Crippen LogP contribution in [0.25, 0.3) is 11.9 Å². The van der Waals surface area contributed by atoms with E-state index < -0.39 is 12.2 Å². The van der Waals surface area contributed by atoms with Crippen LogP contribution >= 0.6 is 0 Å². The van der Waals surface area contributed by atoms with E-state index in [1.165, 1.54) is 18.2 Å². The molecule has 1 saturated carbocycles. The van der Waals surface area contributed by atoms with Gasteiger partial charge in [0.1, 0.15) is 11.4 Å². The molecule has 0 unspecified atom stereocenters. The normalized spacial score (nSPS) is 15.6. The number of alkyl halides is 3. The number of aryl methyl sites for hydroxylation is 1. The summed E-state index contributed by atoms with van der Waals surface area (Å²) in [5.41, 5.74) is 3.27. The van der Waals surface area contributed by atoms with Gasteiger partial charge in [-0.1, -0.05) is 36.4 Å². The summed E-state index contributed by atoms with van der Waals surface area (Å²) in [6.45, 7) is 2.41. The summed E-state index contributed by atoms with van der Waals surface area (Å²) >= 11 is 0. The van der Waals surface area contributed by atoms with Crippen molar-refractivity contribution in [2.24, 2.45) is 0 Å². The van der Waals surface area contributed by atoms with Crippen LogP contribution in [0.3, 0.4) is 0 Å². The quantitative estimate of drug-likeness (QED) is 0.479. The average molecular weight is 446 g/mol. The first-order chi connectivity index (χ1) is 15.2. The molecule has 0 radical (unpaired) electrons. The lowest BCUT2D eigenvalue weighted by Crippen LogP contribution is -2.16. The van der Waals surface area contributed by atoms with Gasteiger partial charge in [0.2, 0.25) is 0 Å². The molecule has 1 aromatic heterocycles. The predicted octanol–water partition coefficient (Wildman–Crippen LogP) is 5.63. The fourth-order valence-corrected chi connectivity index (χ4v) is 3.63. The fraction of sp³-hybridized carbons (Fsp3) is 0.292. The van der Waals surface area contributed by atoms with Crippen LogP contribution in [-0.2, 0) is 12.0 Å². The summed E-state index contributed by atoms with van der Waals surface area (Å²) in [5.74, 6) is -0.964. The molecule has 2 aromatic carbocycles. The van der Waals surface area contributed by atoms with Gasteiger partial charge < -0.3 is 9.84 Å². The van der Waals surface area contributed by atoms with E-state index in [4.69, 9.17) is 0 Å². The number of benzene rings is 2. The van der Waals surface area contributed by atoms with Gasteiger partial charge >= 0.3 is 6.36 Å². The van der Waals surface area contributed by atoms with E-state index in [0.717, 1.165) is 41.8 Å². The second-order valence-corrected chi connectivity index (χ2v) is 8.08. The molecule has 8 heteroatoms. The number of halogens is 4. The lowest BCUT2D eigenvalue weighted by atomic mass is 9.95. The minimum absolute atomic E-state index is 0.126. The van der Waals surface area contributed by atoms with E-state index in [0.29, 0.717) is 12.1 Å². The van der Waals surface area contributed by atoms with Crippen LogP contribution in [0.4, 0.5) is 17.6 Å². The summed E-state index contributed by atoms with van der Waals surface area (Å²) in [6.07, 6.45) is -1.62. The number of rotatable bonds is 7. The number of hydrogen-bond donors (Lipinski definition) is 1. The maximum absolute atomic E-state index is 14.7. The largest absolute Gasteiger partial charge is 0.573 e. The molecule has 1 heterocycles. The molecule has 4 nitrogen and oxygen atoms in total. The molecular formula is C24H22F4N2O2. The van der Waals surface area contributed by atoms with Gasteiger partial charge in [-0.05, 0) is 60.7 Å². The molecule has 1 aliphatic rings. The zero-order chi connectivity index (χ0) is 22.9. The Morgan fingerprint density at radius 1 is 1.16 bits per heavy atom. The van der Waals surface area contributed by atoms with Gasteiger partial charge in [0, 0.05) is 11.1 Å². The second kappa shape index (κ2) is 8.43. The molecule has 1 aliphatic carbocycles. The minimum Gasteiger partial charge on any atom is -0.406 e. The summed E-state index contributed by atoms with van der Waals surface area (Å²) in [6, 6.07) is 14.5. The zero-order valence-corrected chi connectivity index (χ0v) is 17.4. The number of ether oxygens (including phenoxy) is 1. The van der Waals surface area contributed by atoms with Gasteiger partial charge in [-0.3, -0.25) is 4.68 Å². The molecular weight excluding hydrogens is 424 g/mol. The highest BCUT2D eigenvalue weighted by Crippen LogP contribution is 2.47. The molecule has 0 aliphatic heterocycles. The first-order valence-corrected chi connectivity index (χ1v) is 10.2. The molecule has 0 saturated heterocycles. The van der Waals surface area contributed by atoms with Crippen LogP contribution in [-0.4, -0.2) is 27.9 Å². The predicted molar refractivity (Wildman–Crippen MR) is 113 cm³/mol. The third-order valence-corrected chi connectivity index (χ3v) is 5.66. The Balaban J connectivity index is 1.49. The van der Waals surface area contributed by atoms with Crippen LogP contribution in [0.15, 0.2) is 54.6 Å². The summed E-state index contributed by atoms with van der Waals surface area (Å²) in [4.78, 5) is 0. The fourth-order valence-electron chi connectivity index (χ4n) is 3.63. The van der Waals surface area contributed by atoms with Crippen molar-refractivity contribution in [3.8, 4) is 5.75 Å². The minimum atomic E-state index is -4.77. The van der Waals surface area contributed by atoms with E-state index in [-0.39, 0.29) is 23.5 Å². The van der Waals surface area contributed by atoms with E-state index in [1.807, 2.05) is 25.1 Å². The van der Waals surface area contributed by atoms with Crippen LogP contribution in [0.2, 0.25) is 0 Å². The van der Waals surface area contributed by atoms with Gasteiger partial charge in [0.25, 0.3) is 0 Å². The first-order valence-electron chi connectivity index (χ1n) is 10.2. The monoisotopic (exact) mass is 446 g/mol. The average Bonchev–Trinajstić information content (AvgIpc) is 3.47. The highest BCUT2D eigenvalue weighted by molar-refractivity contribution is 5.75. The van der Waals surface area contributed by atoms with Crippen molar-refractivity contribution < 1.29 is 27.4 Å². The number of hydrogen-bond acceptors (Lipinski definition) is 3. The van der Waals surface area contributed by atoms with Crippen LogP contribution in [0.1, 0.15) is 40.9 Å². The topological polar surface area (TPSA) is 47.3 Å². The third-order valence-electron chi connectivity index (χ3n) is 5.66. The highest BCUT2D eigenvalue weighted by Gasteiger charge is 2.43. The summed E-state index contributed by atoms with van der Waals surface area (Å²) in [7, 11) is 0. The summed E-state index contributed by atoms with van der Waals surface area (Å²) in [5, 5.41) is 14.0. The van der Waals surface area contributed by atoms with Crippen molar-refractivity contribution in [2.45, 2.75) is 38.1 Å². The van der Waals surface area contributed by atoms with Crippen LogP contribution in [0.5, 0.6) is 5.75 Å². The maximum Gasteiger partial charge on any atom is 0.573 e. The van der Waals surface area contributed by atoms with Crippen LogP contribution in [0, 0.1) is 6.92 Å². The smallest absolute Gasteiger partial charge is 0.406 e. The molecule has 1 N–H and O–H groups in total.